The molecule has 0 aliphatic carbocycles. The highest BCUT2D eigenvalue weighted by Crippen LogP contribution is 2.29. The maximum absolute atomic E-state index is 13.4. The molecule has 8 nitrogen and oxygen atoms in total. The Hall–Kier alpha value is -2.49. The summed E-state index contributed by atoms with van der Waals surface area (Å²) in [7, 11) is -3.78. The highest BCUT2D eigenvalue weighted by molar-refractivity contribution is 7.89. The minimum Gasteiger partial charge on any atom is -0.355 e. The first-order valence-corrected chi connectivity index (χ1v) is 13.5. The lowest BCUT2D eigenvalue weighted by Gasteiger charge is -2.30. The quantitative estimate of drug-likeness (QED) is 0.616. The first-order chi connectivity index (χ1) is 16.3. The smallest absolute Gasteiger partial charge is 0.248 e. The molecule has 0 radical (unpaired) electrons. The third-order valence-electron chi connectivity index (χ3n) is 6.69. The van der Waals surface area contributed by atoms with Gasteiger partial charge in [0.05, 0.1) is 0 Å². The van der Waals surface area contributed by atoms with Crippen LogP contribution in [0.25, 0.3) is 12.2 Å². The molecule has 2 saturated heterocycles. The number of amides is 1. The zero-order valence-electron chi connectivity index (χ0n) is 20.0. The summed E-state index contributed by atoms with van der Waals surface area (Å²) in [6, 6.07) is 7.92. The predicted molar refractivity (Wildman–Crippen MR) is 132 cm³/mol. The van der Waals surface area contributed by atoms with Crippen LogP contribution >= 0.6 is 0 Å². The molecule has 0 bridgehead atoms. The van der Waals surface area contributed by atoms with Gasteiger partial charge >= 0.3 is 0 Å². The van der Waals surface area contributed by atoms with Gasteiger partial charge in [-0.1, -0.05) is 41.1 Å². The molecule has 2 aromatic rings. The van der Waals surface area contributed by atoms with Crippen LogP contribution in [-0.2, 0) is 14.8 Å². The number of sulfonamides is 1. The normalized spacial score (nSPS) is 18.6. The van der Waals surface area contributed by atoms with E-state index < -0.39 is 10.0 Å². The molecule has 0 unspecified atom stereocenters. The number of carbonyl (C=O) groups excluding carboxylic acids is 1. The van der Waals surface area contributed by atoms with Crippen molar-refractivity contribution in [2.75, 3.05) is 39.3 Å². The first-order valence-electron chi connectivity index (χ1n) is 12.1. The molecule has 2 aliphatic heterocycles. The van der Waals surface area contributed by atoms with Gasteiger partial charge in [0.2, 0.25) is 15.9 Å². The lowest BCUT2D eigenvalue weighted by molar-refractivity contribution is -0.126. The molecule has 2 fully saturated rings. The maximum atomic E-state index is 13.4. The lowest BCUT2D eigenvalue weighted by Crippen LogP contribution is -2.44. The number of hydrogen-bond acceptors (Lipinski definition) is 6. The number of aromatic nitrogens is 1. The summed E-state index contributed by atoms with van der Waals surface area (Å²) in [6.07, 6.45) is 6.95. The van der Waals surface area contributed by atoms with Gasteiger partial charge in [0.25, 0.3) is 0 Å². The van der Waals surface area contributed by atoms with Crippen molar-refractivity contribution in [1.29, 1.82) is 0 Å². The van der Waals surface area contributed by atoms with Crippen LogP contribution in [0.4, 0.5) is 0 Å². The average Bonchev–Trinajstić information content (AvgIpc) is 3.48. The Morgan fingerprint density at radius 2 is 1.76 bits per heavy atom. The molecule has 4 rings (SSSR count). The molecule has 3 heterocycles. The molecular weight excluding hydrogens is 452 g/mol. The van der Waals surface area contributed by atoms with Crippen LogP contribution in [0.1, 0.15) is 48.3 Å². The Bertz CT molecular complexity index is 1110. The second-order valence-electron chi connectivity index (χ2n) is 9.22. The third-order valence-corrected chi connectivity index (χ3v) is 8.74. The highest BCUT2D eigenvalue weighted by atomic mass is 32.2. The van der Waals surface area contributed by atoms with Gasteiger partial charge < -0.3 is 14.7 Å². The summed E-state index contributed by atoms with van der Waals surface area (Å²) in [5, 5.41) is 6.95. The van der Waals surface area contributed by atoms with Crippen LogP contribution in [0.15, 0.2) is 33.7 Å². The van der Waals surface area contributed by atoms with Crippen molar-refractivity contribution in [2.24, 2.45) is 5.92 Å². The molecule has 2 aliphatic rings. The summed E-state index contributed by atoms with van der Waals surface area (Å²) in [5.41, 5.74) is 2.43. The van der Waals surface area contributed by atoms with E-state index in [1.807, 2.05) is 37.3 Å². The summed E-state index contributed by atoms with van der Waals surface area (Å²) >= 11 is 0. The first kappa shape index (κ1) is 24.6. The number of carbonyl (C=O) groups is 1. The molecule has 184 valence electrons. The fourth-order valence-electron chi connectivity index (χ4n) is 4.62. The van der Waals surface area contributed by atoms with Crippen molar-refractivity contribution >= 4 is 28.1 Å². The fourth-order valence-corrected chi connectivity index (χ4v) is 6.34. The zero-order chi connectivity index (χ0) is 24.1. The second kappa shape index (κ2) is 10.8. The SMILES string of the molecule is Cc1ccc(/C=C/c2onc(C)c2S(=O)(=O)N2CCC(C(=O)NCCN3CCCC3)CC2)cc1. The molecule has 0 atom stereocenters. The summed E-state index contributed by atoms with van der Waals surface area (Å²) < 4.78 is 33.7. The second-order valence-corrected chi connectivity index (χ2v) is 11.1. The Morgan fingerprint density at radius 3 is 2.44 bits per heavy atom. The van der Waals surface area contributed by atoms with Gasteiger partial charge in [-0.3, -0.25) is 4.79 Å². The molecule has 1 amide bonds. The molecular formula is C25H34N4O4S. The molecule has 34 heavy (non-hydrogen) atoms. The Morgan fingerprint density at radius 1 is 1.09 bits per heavy atom. The average molecular weight is 487 g/mol. The Balaban J connectivity index is 1.36. The van der Waals surface area contributed by atoms with Crippen LogP contribution in [0, 0.1) is 19.8 Å². The van der Waals surface area contributed by atoms with Crippen LogP contribution in [0.3, 0.4) is 0 Å². The van der Waals surface area contributed by atoms with Crippen molar-refractivity contribution in [3.05, 3.63) is 46.8 Å². The van der Waals surface area contributed by atoms with Crippen LogP contribution in [-0.4, -0.2) is 68.0 Å². The topological polar surface area (TPSA) is 95.8 Å². The van der Waals surface area contributed by atoms with Gasteiger partial charge in [0.15, 0.2) is 10.7 Å². The van der Waals surface area contributed by atoms with Gasteiger partial charge in [0, 0.05) is 32.1 Å². The van der Waals surface area contributed by atoms with Crippen molar-refractivity contribution < 1.29 is 17.7 Å². The van der Waals surface area contributed by atoms with Crippen molar-refractivity contribution in [1.82, 2.24) is 19.7 Å². The molecule has 9 heteroatoms. The van der Waals surface area contributed by atoms with Crippen molar-refractivity contribution in [3.8, 4) is 0 Å². The number of hydrogen-bond donors (Lipinski definition) is 1. The minimum absolute atomic E-state index is 0.0270. The minimum atomic E-state index is -3.78. The van der Waals surface area contributed by atoms with E-state index >= 15 is 0 Å². The summed E-state index contributed by atoms with van der Waals surface area (Å²) in [6.45, 7) is 8.00. The van der Waals surface area contributed by atoms with Crippen molar-refractivity contribution in [3.63, 3.8) is 0 Å². The number of benzene rings is 1. The summed E-state index contributed by atoms with van der Waals surface area (Å²) in [4.78, 5) is 15.0. The number of likely N-dealkylation sites (tertiary alicyclic amines) is 1. The number of aryl methyl sites for hydroxylation is 2. The standard InChI is InChI=1S/C25H34N4O4S/c1-19-5-7-21(8-6-19)9-10-23-24(20(2)27-33-23)34(31,32)29-16-11-22(12-17-29)25(30)26-13-18-28-14-3-4-15-28/h5-10,22H,3-4,11-18H2,1-2H3,(H,26,30)/b10-9+. The largest absolute Gasteiger partial charge is 0.355 e. The molecule has 0 saturated carbocycles. The zero-order valence-corrected chi connectivity index (χ0v) is 20.8. The summed E-state index contributed by atoms with van der Waals surface area (Å²) in [5.74, 6) is 0.0912. The highest BCUT2D eigenvalue weighted by Gasteiger charge is 2.35. The van der Waals surface area contributed by atoms with Crippen molar-refractivity contribution in [2.45, 2.75) is 44.4 Å². The Kier molecular flexibility index (Phi) is 7.85. The van der Waals surface area contributed by atoms with Gasteiger partial charge in [-0.05, 0) is 64.3 Å². The van der Waals surface area contributed by atoms with E-state index in [2.05, 4.69) is 15.4 Å². The van der Waals surface area contributed by atoms with E-state index in [1.54, 1.807) is 13.0 Å². The van der Waals surface area contributed by atoms with E-state index in [-0.39, 0.29) is 22.5 Å². The Labute approximate surface area is 202 Å². The van der Waals surface area contributed by atoms with E-state index in [0.29, 0.717) is 38.2 Å². The predicted octanol–water partition coefficient (Wildman–Crippen LogP) is 3.07. The van der Waals surface area contributed by atoms with Crippen LogP contribution in [0.2, 0.25) is 0 Å². The number of piperidine rings is 1. The van der Waals surface area contributed by atoms with Gasteiger partial charge in [-0.2, -0.15) is 4.31 Å². The third kappa shape index (κ3) is 5.76. The van der Waals surface area contributed by atoms with Crippen LogP contribution in [0.5, 0.6) is 0 Å². The van der Waals surface area contributed by atoms with E-state index in [1.165, 1.54) is 17.1 Å². The monoisotopic (exact) mass is 486 g/mol. The maximum Gasteiger partial charge on any atom is 0.248 e. The van der Waals surface area contributed by atoms with Gasteiger partial charge in [-0.25, -0.2) is 8.42 Å². The molecule has 1 aromatic carbocycles. The lowest BCUT2D eigenvalue weighted by atomic mass is 9.97. The van der Waals surface area contributed by atoms with E-state index in [0.717, 1.165) is 30.8 Å². The molecule has 1 N–H and O–H groups in total. The number of nitrogens with zero attached hydrogens (tertiary/aromatic N) is 3. The number of rotatable bonds is 8. The van der Waals surface area contributed by atoms with Crippen LogP contribution < -0.4 is 5.32 Å². The van der Waals surface area contributed by atoms with E-state index in [9.17, 15) is 13.2 Å². The number of nitrogens with one attached hydrogen (secondary N) is 1. The van der Waals surface area contributed by atoms with E-state index in [4.69, 9.17) is 4.52 Å². The molecule has 1 aromatic heterocycles. The fraction of sp³-hybridized carbons (Fsp3) is 0.520. The molecule has 0 spiro atoms. The van der Waals surface area contributed by atoms with Gasteiger partial charge in [-0.15, -0.1) is 0 Å². The van der Waals surface area contributed by atoms with Gasteiger partial charge in [0.1, 0.15) is 5.69 Å².